The molecule has 0 saturated heterocycles. The van der Waals surface area contributed by atoms with Crippen molar-refractivity contribution >= 4 is 22.7 Å². The number of hydrogen-bond acceptors (Lipinski definition) is 4. The minimum atomic E-state index is -4.38. The van der Waals surface area contributed by atoms with Gasteiger partial charge in [0.1, 0.15) is 0 Å². The Morgan fingerprint density at radius 1 is 1.14 bits per heavy atom. The molecule has 0 fully saturated rings. The van der Waals surface area contributed by atoms with Crippen LogP contribution >= 0.6 is 11.8 Å². The van der Waals surface area contributed by atoms with Gasteiger partial charge in [0.25, 0.3) is 5.56 Å². The lowest BCUT2D eigenvalue weighted by molar-refractivity contribution is -0.137. The van der Waals surface area contributed by atoms with E-state index in [0.29, 0.717) is 41.2 Å². The van der Waals surface area contributed by atoms with E-state index in [9.17, 15) is 18.0 Å². The summed E-state index contributed by atoms with van der Waals surface area (Å²) in [5, 5.41) is 1.00. The van der Waals surface area contributed by atoms with E-state index in [0.717, 1.165) is 12.1 Å². The first kappa shape index (κ1) is 20.4. The molecule has 0 unspecified atom stereocenters. The molecule has 0 atom stereocenters. The summed E-state index contributed by atoms with van der Waals surface area (Å²) in [4.78, 5) is 17.4. The summed E-state index contributed by atoms with van der Waals surface area (Å²) in [5.74, 6) is 0.277. The van der Waals surface area contributed by atoms with Gasteiger partial charge in [-0.25, -0.2) is 4.98 Å². The number of halogens is 3. The van der Waals surface area contributed by atoms with Crippen LogP contribution in [0.15, 0.2) is 58.5 Å². The minimum Gasteiger partial charge on any atom is -0.385 e. The van der Waals surface area contributed by atoms with Gasteiger partial charge in [-0.1, -0.05) is 42.1 Å². The van der Waals surface area contributed by atoms with Crippen molar-refractivity contribution in [3.63, 3.8) is 0 Å². The van der Waals surface area contributed by atoms with E-state index in [1.165, 1.54) is 17.8 Å². The van der Waals surface area contributed by atoms with Gasteiger partial charge in [0, 0.05) is 26.0 Å². The van der Waals surface area contributed by atoms with Crippen LogP contribution in [-0.2, 0) is 23.2 Å². The normalized spacial score (nSPS) is 11.9. The maximum absolute atomic E-state index is 12.9. The van der Waals surface area contributed by atoms with Gasteiger partial charge >= 0.3 is 6.18 Å². The fraction of sp³-hybridized carbons (Fsp3) is 0.300. The number of alkyl halides is 3. The fourth-order valence-corrected chi connectivity index (χ4v) is 3.78. The van der Waals surface area contributed by atoms with Crippen LogP contribution in [0.5, 0.6) is 0 Å². The van der Waals surface area contributed by atoms with E-state index in [2.05, 4.69) is 4.98 Å². The SMILES string of the molecule is COCCCn1c(SCc2cccc(C(F)(F)F)c2)nc2ccccc2c1=O. The zero-order valence-electron chi connectivity index (χ0n) is 15.2. The van der Waals surface area contributed by atoms with Crippen molar-refractivity contribution in [1.82, 2.24) is 9.55 Å². The molecule has 3 aromatic rings. The average molecular weight is 408 g/mol. The number of para-hydroxylation sites is 1. The molecular formula is C20H19F3N2O2S. The van der Waals surface area contributed by atoms with Crippen molar-refractivity contribution < 1.29 is 17.9 Å². The van der Waals surface area contributed by atoms with Gasteiger partial charge < -0.3 is 4.74 Å². The second-order valence-corrected chi connectivity index (χ2v) is 7.14. The van der Waals surface area contributed by atoms with Gasteiger partial charge in [0.2, 0.25) is 0 Å². The second kappa shape index (κ2) is 8.79. The molecule has 0 aliphatic rings. The van der Waals surface area contributed by atoms with E-state index < -0.39 is 11.7 Å². The molecule has 0 bridgehead atoms. The molecular weight excluding hydrogens is 389 g/mol. The van der Waals surface area contributed by atoms with Gasteiger partial charge in [-0.15, -0.1) is 0 Å². The molecule has 1 aromatic heterocycles. The first-order valence-electron chi connectivity index (χ1n) is 8.67. The van der Waals surface area contributed by atoms with E-state index in [-0.39, 0.29) is 11.3 Å². The predicted octanol–water partition coefficient (Wildman–Crippen LogP) is 4.74. The third-order valence-corrected chi connectivity index (χ3v) is 5.23. The highest BCUT2D eigenvalue weighted by Gasteiger charge is 2.30. The Morgan fingerprint density at radius 2 is 1.93 bits per heavy atom. The Kier molecular flexibility index (Phi) is 6.41. The second-order valence-electron chi connectivity index (χ2n) is 6.20. The van der Waals surface area contributed by atoms with Crippen molar-refractivity contribution in [3.8, 4) is 0 Å². The lowest BCUT2D eigenvalue weighted by Crippen LogP contribution is -2.24. The largest absolute Gasteiger partial charge is 0.416 e. The number of methoxy groups -OCH3 is 1. The monoisotopic (exact) mass is 408 g/mol. The van der Waals surface area contributed by atoms with Gasteiger partial charge in [0.05, 0.1) is 16.5 Å². The Balaban J connectivity index is 1.91. The zero-order chi connectivity index (χ0) is 20.1. The topological polar surface area (TPSA) is 44.1 Å². The predicted molar refractivity (Wildman–Crippen MR) is 104 cm³/mol. The molecule has 3 rings (SSSR count). The summed E-state index contributed by atoms with van der Waals surface area (Å²) in [6, 6.07) is 12.2. The summed E-state index contributed by atoms with van der Waals surface area (Å²) in [6.45, 7) is 0.923. The number of rotatable bonds is 7. The highest BCUT2D eigenvalue weighted by Crippen LogP contribution is 2.31. The molecule has 0 N–H and O–H groups in total. The Labute approximate surface area is 164 Å². The van der Waals surface area contributed by atoms with Gasteiger partial charge in [-0.05, 0) is 30.2 Å². The lowest BCUT2D eigenvalue weighted by Gasteiger charge is -2.13. The summed E-state index contributed by atoms with van der Waals surface area (Å²) >= 11 is 1.25. The molecule has 0 aliphatic heterocycles. The van der Waals surface area contributed by atoms with Crippen molar-refractivity contribution in [1.29, 1.82) is 0 Å². The van der Waals surface area contributed by atoms with Crippen LogP contribution in [0.25, 0.3) is 10.9 Å². The Hall–Kier alpha value is -2.32. The molecule has 4 nitrogen and oxygen atoms in total. The first-order chi connectivity index (χ1) is 13.4. The van der Waals surface area contributed by atoms with Crippen LogP contribution in [0.1, 0.15) is 17.5 Å². The average Bonchev–Trinajstić information content (AvgIpc) is 2.68. The third-order valence-electron chi connectivity index (χ3n) is 4.18. The van der Waals surface area contributed by atoms with Crippen molar-refractivity contribution in [2.75, 3.05) is 13.7 Å². The summed E-state index contributed by atoms with van der Waals surface area (Å²) in [6.07, 6.45) is -3.75. The van der Waals surface area contributed by atoms with Gasteiger partial charge in [-0.2, -0.15) is 13.2 Å². The number of aromatic nitrogens is 2. The van der Waals surface area contributed by atoms with Crippen LogP contribution in [0.3, 0.4) is 0 Å². The number of ether oxygens (including phenoxy) is 1. The maximum Gasteiger partial charge on any atom is 0.416 e. The molecule has 0 saturated carbocycles. The van der Waals surface area contributed by atoms with E-state index in [1.807, 2.05) is 0 Å². The summed E-state index contributed by atoms with van der Waals surface area (Å²) in [5.41, 5.74) is 0.246. The molecule has 2 aromatic carbocycles. The number of fused-ring (bicyclic) bond motifs is 1. The van der Waals surface area contributed by atoms with Crippen molar-refractivity contribution in [2.24, 2.45) is 0 Å². The first-order valence-corrected chi connectivity index (χ1v) is 9.66. The molecule has 0 spiro atoms. The quantitative estimate of drug-likeness (QED) is 0.322. The third kappa shape index (κ3) is 4.74. The summed E-state index contributed by atoms with van der Waals surface area (Å²) < 4.78 is 45.4. The van der Waals surface area contributed by atoms with Gasteiger partial charge in [0.15, 0.2) is 5.16 Å². The molecule has 0 radical (unpaired) electrons. The molecule has 28 heavy (non-hydrogen) atoms. The van der Waals surface area contributed by atoms with Crippen LogP contribution in [0.4, 0.5) is 13.2 Å². The molecule has 0 amide bonds. The maximum atomic E-state index is 12.9. The molecule has 8 heteroatoms. The highest BCUT2D eigenvalue weighted by molar-refractivity contribution is 7.98. The smallest absolute Gasteiger partial charge is 0.385 e. The Morgan fingerprint density at radius 3 is 2.68 bits per heavy atom. The molecule has 0 aliphatic carbocycles. The van der Waals surface area contributed by atoms with Gasteiger partial charge in [-0.3, -0.25) is 9.36 Å². The Bertz CT molecular complexity index is 1020. The highest BCUT2D eigenvalue weighted by atomic mass is 32.2. The van der Waals surface area contributed by atoms with E-state index in [1.54, 1.807) is 42.0 Å². The molecule has 1 heterocycles. The van der Waals surface area contributed by atoms with Crippen LogP contribution < -0.4 is 5.56 Å². The minimum absolute atomic E-state index is 0.159. The van der Waals surface area contributed by atoms with E-state index >= 15 is 0 Å². The standard InChI is InChI=1S/C20H19F3N2O2S/c1-27-11-5-10-25-18(26)16-8-2-3-9-17(16)24-19(25)28-13-14-6-4-7-15(12-14)20(21,22)23/h2-4,6-9,12H,5,10-11,13H2,1H3. The number of thioether (sulfide) groups is 1. The fourth-order valence-electron chi connectivity index (χ4n) is 2.81. The van der Waals surface area contributed by atoms with Crippen LogP contribution in [-0.4, -0.2) is 23.3 Å². The number of nitrogens with zero attached hydrogens (tertiary/aromatic N) is 2. The zero-order valence-corrected chi connectivity index (χ0v) is 16.0. The van der Waals surface area contributed by atoms with Crippen LogP contribution in [0.2, 0.25) is 0 Å². The lowest BCUT2D eigenvalue weighted by atomic mass is 10.1. The van der Waals surface area contributed by atoms with Crippen molar-refractivity contribution in [2.45, 2.75) is 30.1 Å². The summed E-state index contributed by atoms with van der Waals surface area (Å²) in [7, 11) is 1.59. The number of benzene rings is 2. The molecule has 148 valence electrons. The van der Waals surface area contributed by atoms with Crippen LogP contribution in [0, 0.1) is 0 Å². The number of hydrogen-bond donors (Lipinski definition) is 0. The van der Waals surface area contributed by atoms with E-state index in [4.69, 9.17) is 4.74 Å². The van der Waals surface area contributed by atoms with Crippen molar-refractivity contribution in [3.05, 3.63) is 70.0 Å².